The van der Waals surface area contributed by atoms with Crippen LogP contribution in [0.5, 0.6) is 0 Å². The quantitative estimate of drug-likeness (QED) is 0.362. The minimum atomic E-state index is -1.26. The molecule has 6 heteroatoms. The molecule has 0 aromatic rings. The fourth-order valence-electron chi connectivity index (χ4n) is 1.08. The van der Waals surface area contributed by atoms with E-state index in [1.54, 1.807) is 0 Å². The summed E-state index contributed by atoms with van der Waals surface area (Å²) in [6, 6.07) is 0. The Bertz CT molecular complexity index is 150. The van der Waals surface area contributed by atoms with Crippen LogP contribution >= 0.6 is 0 Å². The Kier molecular flexibility index (Phi) is 3.48. The molecule has 0 amide bonds. The van der Waals surface area contributed by atoms with E-state index >= 15 is 0 Å². The topological polar surface area (TPSA) is 90.2 Å². The summed E-state index contributed by atoms with van der Waals surface area (Å²) >= 11 is 2.03. The van der Waals surface area contributed by atoms with E-state index < -0.39 is 29.4 Å². The summed E-state index contributed by atoms with van der Waals surface area (Å²) < 4.78 is 4.99. The van der Waals surface area contributed by atoms with E-state index in [4.69, 9.17) is 9.84 Å². The maximum absolute atomic E-state index is 9.22. The van der Waals surface area contributed by atoms with Gasteiger partial charge in [-0.3, -0.25) is 0 Å². The van der Waals surface area contributed by atoms with Crippen LogP contribution in [0.15, 0.2) is 0 Å². The van der Waals surface area contributed by atoms with Gasteiger partial charge in [0.05, 0.1) is 0 Å². The van der Waals surface area contributed by atoms with Crippen molar-refractivity contribution in [2.75, 3.05) is 6.61 Å². The van der Waals surface area contributed by atoms with Crippen molar-refractivity contribution in [1.29, 1.82) is 0 Å². The average molecular weight is 243 g/mol. The second kappa shape index (κ2) is 4.02. The first kappa shape index (κ1) is 10.4. The average Bonchev–Trinajstić information content (AvgIpc) is 2.08. The molecule has 5 nitrogen and oxygen atoms in total. The van der Waals surface area contributed by atoms with E-state index in [9.17, 15) is 15.3 Å². The fourth-order valence-corrected chi connectivity index (χ4v) is 1.78. The van der Waals surface area contributed by atoms with Crippen LogP contribution < -0.4 is 0 Å². The molecule has 0 aromatic heterocycles. The second-order valence-corrected chi connectivity index (χ2v) is 3.79. The van der Waals surface area contributed by atoms with E-state index in [1.807, 2.05) is 16.0 Å². The van der Waals surface area contributed by atoms with Gasteiger partial charge in [0.15, 0.2) is 0 Å². The van der Waals surface area contributed by atoms with Crippen molar-refractivity contribution in [3.8, 4) is 0 Å². The molecule has 1 aliphatic rings. The molecular formula is C6H12O5Se. The molecule has 1 aliphatic heterocycles. The molecule has 0 aliphatic carbocycles. The van der Waals surface area contributed by atoms with Gasteiger partial charge in [0, 0.05) is 0 Å². The van der Waals surface area contributed by atoms with Crippen molar-refractivity contribution in [1.82, 2.24) is 0 Å². The Labute approximate surface area is 77.8 Å². The molecule has 1 fully saturated rings. The Morgan fingerprint density at radius 1 is 1.08 bits per heavy atom. The first-order valence-corrected chi connectivity index (χ1v) is 4.65. The van der Waals surface area contributed by atoms with Crippen molar-refractivity contribution in [2.24, 2.45) is 0 Å². The maximum atomic E-state index is 9.22. The molecule has 0 radical (unpaired) electrons. The van der Waals surface area contributed by atoms with Gasteiger partial charge in [0.1, 0.15) is 0 Å². The minimum absolute atomic E-state index is 0.376. The standard InChI is InChI=1S/C6H12O5Se/c7-1-2-3(8)4(9)5(10)6(12)11-2/h2-10,12H,1H2/t2-,3-,4+,5-,6?/m1/s1. The summed E-state index contributed by atoms with van der Waals surface area (Å²) in [5.41, 5.74) is 0. The molecule has 12 heavy (non-hydrogen) atoms. The zero-order valence-electron chi connectivity index (χ0n) is 6.24. The first-order chi connectivity index (χ1) is 5.57. The molecule has 1 heterocycles. The van der Waals surface area contributed by atoms with Crippen molar-refractivity contribution in [3.05, 3.63) is 0 Å². The number of ether oxygens (including phenoxy) is 1. The van der Waals surface area contributed by atoms with Crippen molar-refractivity contribution < 1.29 is 25.2 Å². The molecule has 1 unspecified atom stereocenters. The van der Waals surface area contributed by atoms with Gasteiger partial charge >= 0.3 is 77.2 Å². The van der Waals surface area contributed by atoms with E-state index in [0.29, 0.717) is 0 Å². The zero-order valence-corrected chi connectivity index (χ0v) is 8.11. The third-order valence-electron chi connectivity index (χ3n) is 1.87. The summed E-state index contributed by atoms with van der Waals surface area (Å²) in [5.74, 6) is 0. The molecule has 0 bridgehead atoms. The normalized spacial score (nSPS) is 49.2. The summed E-state index contributed by atoms with van der Waals surface area (Å²) in [4.78, 5) is 0. The van der Waals surface area contributed by atoms with Gasteiger partial charge in [-0.15, -0.1) is 0 Å². The number of aliphatic hydroxyl groups is 4. The van der Waals surface area contributed by atoms with Gasteiger partial charge in [-0.05, 0) is 0 Å². The Morgan fingerprint density at radius 3 is 2.17 bits per heavy atom. The predicted molar refractivity (Wildman–Crippen MR) is 40.9 cm³/mol. The third-order valence-corrected chi connectivity index (χ3v) is 2.76. The Balaban J connectivity index is 2.63. The van der Waals surface area contributed by atoms with E-state index in [2.05, 4.69) is 0 Å². The molecule has 0 saturated carbocycles. The number of aliphatic hydroxyl groups excluding tert-OH is 4. The fraction of sp³-hybridized carbons (Fsp3) is 1.00. The molecule has 5 atom stereocenters. The Morgan fingerprint density at radius 2 is 1.67 bits per heavy atom. The SMILES string of the molecule is OC[C@H]1OC([SeH])[C@H](O)[C@@H](O)[C@@H]1O. The number of rotatable bonds is 1. The molecule has 1 rings (SSSR count). The van der Waals surface area contributed by atoms with Gasteiger partial charge < -0.3 is 0 Å². The van der Waals surface area contributed by atoms with Gasteiger partial charge in [-0.1, -0.05) is 0 Å². The molecule has 0 spiro atoms. The molecule has 4 N–H and O–H groups in total. The second-order valence-electron chi connectivity index (χ2n) is 2.72. The number of hydrogen-bond acceptors (Lipinski definition) is 5. The van der Waals surface area contributed by atoms with Crippen molar-refractivity contribution in [3.63, 3.8) is 0 Å². The van der Waals surface area contributed by atoms with E-state index in [1.165, 1.54) is 0 Å². The van der Waals surface area contributed by atoms with Gasteiger partial charge in [0.2, 0.25) is 0 Å². The van der Waals surface area contributed by atoms with Crippen LogP contribution in [-0.4, -0.2) is 72.5 Å². The van der Waals surface area contributed by atoms with Crippen LogP contribution in [0, 0.1) is 0 Å². The van der Waals surface area contributed by atoms with Crippen LogP contribution in [0.2, 0.25) is 0 Å². The zero-order chi connectivity index (χ0) is 9.30. The monoisotopic (exact) mass is 244 g/mol. The van der Waals surface area contributed by atoms with Crippen molar-refractivity contribution >= 4 is 16.0 Å². The summed E-state index contributed by atoms with van der Waals surface area (Å²) in [6.45, 7) is -0.376. The van der Waals surface area contributed by atoms with Gasteiger partial charge in [0.25, 0.3) is 0 Å². The van der Waals surface area contributed by atoms with Crippen LogP contribution in [0.1, 0.15) is 0 Å². The van der Waals surface area contributed by atoms with Crippen LogP contribution in [0.3, 0.4) is 0 Å². The van der Waals surface area contributed by atoms with Gasteiger partial charge in [-0.2, -0.15) is 0 Å². The van der Waals surface area contributed by atoms with E-state index in [0.717, 1.165) is 0 Å². The third kappa shape index (κ3) is 1.80. The Hall–Kier alpha value is 0.319. The van der Waals surface area contributed by atoms with Crippen LogP contribution in [0.4, 0.5) is 0 Å². The predicted octanol–water partition coefficient (Wildman–Crippen LogP) is -3.31. The first-order valence-electron chi connectivity index (χ1n) is 3.56. The van der Waals surface area contributed by atoms with Crippen molar-refractivity contribution in [2.45, 2.75) is 29.4 Å². The van der Waals surface area contributed by atoms with Crippen LogP contribution in [0.25, 0.3) is 0 Å². The molecule has 1 saturated heterocycles. The molecule has 0 aromatic carbocycles. The molecular weight excluding hydrogens is 231 g/mol. The summed E-state index contributed by atoms with van der Waals surface area (Å²) in [5, 5.41) is 35.7. The summed E-state index contributed by atoms with van der Waals surface area (Å²) in [7, 11) is 0. The van der Waals surface area contributed by atoms with Gasteiger partial charge in [-0.25, -0.2) is 0 Å². The van der Waals surface area contributed by atoms with E-state index in [-0.39, 0.29) is 6.61 Å². The van der Waals surface area contributed by atoms with Crippen LogP contribution in [-0.2, 0) is 4.74 Å². The summed E-state index contributed by atoms with van der Waals surface area (Å²) in [6.07, 6.45) is -4.44. The number of hydrogen-bond donors (Lipinski definition) is 4. The molecule has 72 valence electrons.